The molecule has 0 aromatic carbocycles. The standard InChI is InChI=1S/C15H29N/c1-11-12(2,3)13(4,5)14(6,7)15(8,9)16(11)10/h1H2,2-10H3. The summed E-state index contributed by atoms with van der Waals surface area (Å²) in [6.45, 7) is 23.2. The van der Waals surface area contributed by atoms with Crippen LogP contribution in [0.5, 0.6) is 0 Å². The van der Waals surface area contributed by atoms with Crippen molar-refractivity contribution >= 4 is 0 Å². The monoisotopic (exact) mass is 223 g/mol. The van der Waals surface area contributed by atoms with E-state index in [9.17, 15) is 0 Å². The van der Waals surface area contributed by atoms with Crippen molar-refractivity contribution in [2.24, 2.45) is 16.2 Å². The fraction of sp³-hybridized carbons (Fsp3) is 0.867. The van der Waals surface area contributed by atoms with E-state index in [1.807, 2.05) is 0 Å². The van der Waals surface area contributed by atoms with E-state index in [1.54, 1.807) is 0 Å². The minimum absolute atomic E-state index is 0.126. The molecular weight excluding hydrogens is 194 g/mol. The minimum Gasteiger partial charge on any atom is -0.372 e. The quantitative estimate of drug-likeness (QED) is 0.592. The number of hydrogen-bond acceptors (Lipinski definition) is 1. The van der Waals surface area contributed by atoms with Crippen molar-refractivity contribution in [2.45, 2.75) is 60.9 Å². The summed E-state index contributed by atoms with van der Waals surface area (Å²) in [6.07, 6.45) is 0. The van der Waals surface area contributed by atoms with Gasteiger partial charge in [0.15, 0.2) is 0 Å². The average molecular weight is 223 g/mol. The Morgan fingerprint density at radius 3 is 1.56 bits per heavy atom. The SMILES string of the molecule is C=C1N(C)C(C)(C)C(C)(C)C(C)(C)C1(C)C. The van der Waals surface area contributed by atoms with Gasteiger partial charge in [0.1, 0.15) is 0 Å². The molecule has 0 bridgehead atoms. The Balaban J connectivity index is 3.48. The molecule has 1 nitrogen and oxygen atoms in total. The molecule has 0 atom stereocenters. The second-order valence-corrected chi connectivity index (χ2v) is 7.44. The first-order chi connectivity index (χ1) is 6.82. The van der Waals surface area contributed by atoms with E-state index >= 15 is 0 Å². The zero-order valence-electron chi connectivity index (χ0n) is 12.7. The van der Waals surface area contributed by atoms with Crippen molar-refractivity contribution < 1.29 is 0 Å². The number of likely N-dealkylation sites (tertiary alicyclic amines) is 1. The third-order valence-corrected chi connectivity index (χ3v) is 6.62. The Morgan fingerprint density at radius 2 is 1.19 bits per heavy atom. The molecule has 1 heteroatoms. The fourth-order valence-corrected chi connectivity index (χ4v) is 3.08. The van der Waals surface area contributed by atoms with Crippen LogP contribution in [0, 0.1) is 16.2 Å². The molecule has 0 aliphatic carbocycles. The summed E-state index contributed by atoms with van der Waals surface area (Å²) in [5.41, 5.74) is 1.94. The second-order valence-electron chi connectivity index (χ2n) is 7.44. The normalized spacial score (nSPS) is 30.3. The summed E-state index contributed by atoms with van der Waals surface area (Å²) in [5.74, 6) is 0. The highest BCUT2D eigenvalue weighted by atomic mass is 15.2. The molecule has 1 fully saturated rings. The second kappa shape index (κ2) is 3.05. The molecule has 0 saturated carbocycles. The smallest absolute Gasteiger partial charge is 0.0396 e. The van der Waals surface area contributed by atoms with Crippen LogP contribution in [0.2, 0.25) is 0 Å². The molecule has 1 aliphatic rings. The van der Waals surface area contributed by atoms with E-state index in [4.69, 9.17) is 0 Å². The van der Waals surface area contributed by atoms with Crippen LogP contribution >= 0.6 is 0 Å². The maximum absolute atomic E-state index is 4.33. The highest BCUT2D eigenvalue weighted by Crippen LogP contribution is 2.64. The highest BCUT2D eigenvalue weighted by Gasteiger charge is 2.61. The Morgan fingerprint density at radius 1 is 0.812 bits per heavy atom. The Labute approximate surface area is 102 Å². The number of piperidine rings is 1. The van der Waals surface area contributed by atoms with Gasteiger partial charge in [0.25, 0.3) is 0 Å². The van der Waals surface area contributed by atoms with E-state index in [0.29, 0.717) is 0 Å². The Bertz CT molecular complexity index is 318. The lowest BCUT2D eigenvalue weighted by molar-refractivity contribution is -0.142. The number of nitrogens with zero attached hydrogens (tertiary/aromatic N) is 1. The first-order valence-corrected chi connectivity index (χ1v) is 6.25. The molecular formula is C15H29N. The lowest BCUT2D eigenvalue weighted by Crippen LogP contribution is -2.67. The van der Waals surface area contributed by atoms with E-state index in [1.165, 1.54) is 5.70 Å². The van der Waals surface area contributed by atoms with Crippen LogP contribution in [0.15, 0.2) is 12.3 Å². The first kappa shape index (κ1) is 13.6. The predicted molar refractivity (Wildman–Crippen MR) is 72.3 cm³/mol. The molecule has 1 saturated heterocycles. The molecule has 0 aromatic rings. The lowest BCUT2D eigenvalue weighted by atomic mass is 9.45. The van der Waals surface area contributed by atoms with Gasteiger partial charge in [-0.05, 0) is 24.7 Å². The van der Waals surface area contributed by atoms with Gasteiger partial charge in [-0.3, -0.25) is 0 Å². The van der Waals surface area contributed by atoms with Crippen LogP contribution in [0.25, 0.3) is 0 Å². The van der Waals surface area contributed by atoms with Crippen LogP contribution in [0.1, 0.15) is 55.4 Å². The van der Waals surface area contributed by atoms with E-state index in [0.717, 1.165) is 0 Å². The summed E-state index contributed by atoms with van der Waals surface area (Å²) in [6, 6.07) is 0. The van der Waals surface area contributed by atoms with Crippen LogP contribution in [-0.2, 0) is 0 Å². The lowest BCUT2D eigenvalue weighted by Gasteiger charge is -2.68. The maximum atomic E-state index is 4.33. The molecule has 0 amide bonds. The molecule has 94 valence electrons. The van der Waals surface area contributed by atoms with Crippen molar-refractivity contribution in [2.75, 3.05) is 7.05 Å². The van der Waals surface area contributed by atoms with Crippen LogP contribution in [0.3, 0.4) is 0 Å². The van der Waals surface area contributed by atoms with E-state index in [-0.39, 0.29) is 21.8 Å². The van der Waals surface area contributed by atoms with Crippen molar-refractivity contribution in [1.29, 1.82) is 0 Å². The van der Waals surface area contributed by atoms with Gasteiger partial charge in [0.2, 0.25) is 0 Å². The summed E-state index contributed by atoms with van der Waals surface area (Å²) in [5, 5.41) is 0. The Hall–Kier alpha value is -0.460. The molecule has 0 radical (unpaired) electrons. The van der Waals surface area contributed by atoms with Crippen LogP contribution in [0.4, 0.5) is 0 Å². The molecule has 1 rings (SSSR count). The zero-order valence-corrected chi connectivity index (χ0v) is 12.7. The summed E-state index contributed by atoms with van der Waals surface area (Å²) < 4.78 is 0. The predicted octanol–water partition coefficient (Wildman–Crippen LogP) is 4.30. The van der Waals surface area contributed by atoms with Gasteiger partial charge in [0.05, 0.1) is 0 Å². The number of rotatable bonds is 0. The largest absolute Gasteiger partial charge is 0.372 e. The molecule has 0 N–H and O–H groups in total. The molecule has 0 unspecified atom stereocenters. The van der Waals surface area contributed by atoms with E-state index in [2.05, 4.69) is 73.9 Å². The third-order valence-electron chi connectivity index (χ3n) is 6.62. The average Bonchev–Trinajstić information content (AvgIpc) is 2.12. The molecule has 1 aliphatic heterocycles. The Kier molecular flexibility index (Phi) is 2.60. The summed E-state index contributed by atoms with van der Waals surface area (Å²) in [7, 11) is 2.18. The van der Waals surface area contributed by atoms with Gasteiger partial charge in [0, 0.05) is 23.7 Å². The minimum atomic E-state index is 0.126. The molecule has 0 spiro atoms. The third kappa shape index (κ3) is 1.18. The first-order valence-electron chi connectivity index (χ1n) is 6.25. The van der Waals surface area contributed by atoms with Gasteiger partial charge in [-0.2, -0.15) is 0 Å². The van der Waals surface area contributed by atoms with E-state index < -0.39 is 0 Å². The highest BCUT2D eigenvalue weighted by molar-refractivity contribution is 5.24. The zero-order chi connectivity index (χ0) is 13.2. The van der Waals surface area contributed by atoms with Crippen molar-refractivity contribution in [3.8, 4) is 0 Å². The maximum Gasteiger partial charge on any atom is 0.0396 e. The number of hydrogen-bond donors (Lipinski definition) is 0. The topological polar surface area (TPSA) is 3.24 Å². The fourth-order valence-electron chi connectivity index (χ4n) is 3.08. The van der Waals surface area contributed by atoms with Crippen LogP contribution in [-0.4, -0.2) is 17.5 Å². The van der Waals surface area contributed by atoms with Gasteiger partial charge in [-0.25, -0.2) is 0 Å². The van der Waals surface area contributed by atoms with Crippen molar-refractivity contribution in [3.05, 3.63) is 12.3 Å². The molecule has 0 aromatic heterocycles. The van der Waals surface area contributed by atoms with Crippen molar-refractivity contribution in [1.82, 2.24) is 4.90 Å². The summed E-state index contributed by atoms with van der Waals surface area (Å²) >= 11 is 0. The van der Waals surface area contributed by atoms with Gasteiger partial charge in [-0.1, -0.05) is 48.1 Å². The van der Waals surface area contributed by atoms with Crippen LogP contribution < -0.4 is 0 Å². The number of allylic oxidation sites excluding steroid dienone is 1. The van der Waals surface area contributed by atoms with Gasteiger partial charge < -0.3 is 4.90 Å². The van der Waals surface area contributed by atoms with Gasteiger partial charge in [-0.15, -0.1) is 0 Å². The molecule has 16 heavy (non-hydrogen) atoms. The summed E-state index contributed by atoms with van der Waals surface area (Å²) in [4.78, 5) is 2.37. The van der Waals surface area contributed by atoms with Gasteiger partial charge >= 0.3 is 0 Å². The van der Waals surface area contributed by atoms with Crippen molar-refractivity contribution in [3.63, 3.8) is 0 Å². The molecule has 1 heterocycles.